The van der Waals surface area contributed by atoms with Crippen LogP contribution in [-0.2, 0) is 13.6 Å². The van der Waals surface area contributed by atoms with E-state index in [0.717, 1.165) is 5.69 Å². The van der Waals surface area contributed by atoms with Crippen molar-refractivity contribution in [3.63, 3.8) is 0 Å². The van der Waals surface area contributed by atoms with E-state index in [1.165, 1.54) is 6.92 Å². The summed E-state index contributed by atoms with van der Waals surface area (Å²) in [7, 11) is 1.92. The van der Waals surface area contributed by atoms with Crippen molar-refractivity contribution >= 4 is 17.5 Å². The number of ketones is 1. The number of nitrogens with one attached hydrogen (secondary N) is 2. The van der Waals surface area contributed by atoms with Crippen LogP contribution in [0.25, 0.3) is 0 Å². The average molecular weight is 271 g/mol. The predicted molar refractivity (Wildman–Crippen MR) is 77.7 cm³/mol. The Labute approximate surface area is 117 Å². The van der Waals surface area contributed by atoms with Crippen LogP contribution in [0.2, 0.25) is 0 Å². The number of aryl methyl sites for hydroxylation is 1. The van der Waals surface area contributed by atoms with E-state index in [4.69, 9.17) is 0 Å². The minimum Gasteiger partial charge on any atom is -0.353 e. The van der Waals surface area contributed by atoms with E-state index in [-0.39, 0.29) is 11.8 Å². The van der Waals surface area contributed by atoms with Crippen LogP contribution < -0.4 is 10.6 Å². The minimum atomic E-state index is -0.299. The van der Waals surface area contributed by atoms with Gasteiger partial charge in [-0.05, 0) is 31.2 Å². The molecular formula is C15H17N3O2. The molecule has 0 aliphatic rings. The van der Waals surface area contributed by atoms with Crippen LogP contribution in [0, 0.1) is 0 Å². The highest BCUT2D eigenvalue weighted by atomic mass is 16.2. The second-order valence-electron chi connectivity index (χ2n) is 4.56. The second-order valence-corrected chi connectivity index (χ2v) is 4.56. The number of urea groups is 1. The van der Waals surface area contributed by atoms with Gasteiger partial charge in [-0.25, -0.2) is 4.79 Å². The first kappa shape index (κ1) is 13.9. The molecule has 104 valence electrons. The Balaban J connectivity index is 1.93. The molecule has 2 N–H and O–H groups in total. The van der Waals surface area contributed by atoms with Crippen LogP contribution in [0.3, 0.4) is 0 Å². The lowest BCUT2D eigenvalue weighted by molar-refractivity contribution is 0.101. The van der Waals surface area contributed by atoms with Crippen molar-refractivity contribution in [3.05, 3.63) is 53.9 Å². The second kappa shape index (κ2) is 6.06. The Hall–Kier alpha value is -2.56. The molecule has 0 saturated carbocycles. The molecule has 1 aromatic carbocycles. The Kier molecular flexibility index (Phi) is 4.20. The SMILES string of the molecule is CC(=O)c1cccc(NC(=O)NCc2cccn2C)c1. The largest absolute Gasteiger partial charge is 0.353 e. The molecular weight excluding hydrogens is 254 g/mol. The molecule has 0 aliphatic carbocycles. The summed E-state index contributed by atoms with van der Waals surface area (Å²) in [6.07, 6.45) is 1.92. The van der Waals surface area contributed by atoms with Crippen molar-refractivity contribution < 1.29 is 9.59 Å². The zero-order valence-electron chi connectivity index (χ0n) is 11.5. The van der Waals surface area contributed by atoms with Crippen LogP contribution in [0.5, 0.6) is 0 Å². The maximum absolute atomic E-state index is 11.8. The summed E-state index contributed by atoms with van der Waals surface area (Å²) in [6.45, 7) is 1.94. The molecule has 0 unspecified atom stereocenters. The molecule has 0 fully saturated rings. The normalized spacial score (nSPS) is 10.1. The Morgan fingerprint density at radius 1 is 1.20 bits per heavy atom. The van der Waals surface area contributed by atoms with Crippen LogP contribution in [0.4, 0.5) is 10.5 Å². The highest BCUT2D eigenvalue weighted by Crippen LogP contribution is 2.11. The fourth-order valence-corrected chi connectivity index (χ4v) is 1.84. The maximum Gasteiger partial charge on any atom is 0.319 e. The van der Waals surface area contributed by atoms with Gasteiger partial charge in [0.1, 0.15) is 0 Å². The van der Waals surface area contributed by atoms with E-state index < -0.39 is 0 Å². The monoisotopic (exact) mass is 271 g/mol. The van der Waals surface area contributed by atoms with Gasteiger partial charge < -0.3 is 15.2 Å². The van der Waals surface area contributed by atoms with Crippen LogP contribution >= 0.6 is 0 Å². The Bertz CT molecular complexity index is 632. The third-order valence-electron chi connectivity index (χ3n) is 3.01. The topological polar surface area (TPSA) is 63.1 Å². The Morgan fingerprint density at radius 3 is 2.65 bits per heavy atom. The van der Waals surface area contributed by atoms with Gasteiger partial charge in [0, 0.05) is 30.2 Å². The van der Waals surface area contributed by atoms with Crippen molar-refractivity contribution in [2.75, 3.05) is 5.32 Å². The van der Waals surface area contributed by atoms with E-state index in [9.17, 15) is 9.59 Å². The van der Waals surface area contributed by atoms with Gasteiger partial charge in [-0.1, -0.05) is 12.1 Å². The van der Waals surface area contributed by atoms with Gasteiger partial charge in [-0.15, -0.1) is 0 Å². The maximum atomic E-state index is 11.8. The van der Waals surface area contributed by atoms with E-state index in [1.807, 2.05) is 29.9 Å². The van der Waals surface area contributed by atoms with Gasteiger partial charge >= 0.3 is 6.03 Å². The number of aromatic nitrogens is 1. The first-order valence-electron chi connectivity index (χ1n) is 6.32. The molecule has 5 heteroatoms. The number of carbonyl (C=O) groups excluding carboxylic acids is 2. The molecule has 2 rings (SSSR count). The third-order valence-corrected chi connectivity index (χ3v) is 3.01. The third kappa shape index (κ3) is 3.47. The molecule has 2 aromatic rings. The van der Waals surface area contributed by atoms with Gasteiger partial charge in [0.2, 0.25) is 0 Å². The first-order valence-corrected chi connectivity index (χ1v) is 6.32. The molecule has 1 aromatic heterocycles. The number of hydrogen-bond acceptors (Lipinski definition) is 2. The number of nitrogens with zero attached hydrogens (tertiary/aromatic N) is 1. The summed E-state index contributed by atoms with van der Waals surface area (Å²) < 4.78 is 1.94. The lowest BCUT2D eigenvalue weighted by atomic mass is 10.1. The van der Waals surface area contributed by atoms with Crippen LogP contribution in [-0.4, -0.2) is 16.4 Å². The van der Waals surface area contributed by atoms with E-state index in [2.05, 4.69) is 10.6 Å². The molecule has 0 spiro atoms. The van der Waals surface area contributed by atoms with Crippen molar-refractivity contribution in [1.29, 1.82) is 0 Å². The lowest BCUT2D eigenvalue weighted by Crippen LogP contribution is -2.28. The fourth-order valence-electron chi connectivity index (χ4n) is 1.84. The fraction of sp³-hybridized carbons (Fsp3) is 0.200. The van der Waals surface area contributed by atoms with E-state index in [0.29, 0.717) is 17.8 Å². The average Bonchev–Trinajstić information content (AvgIpc) is 2.82. The summed E-state index contributed by atoms with van der Waals surface area (Å²) >= 11 is 0. The summed E-state index contributed by atoms with van der Waals surface area (Å²) in [4.78, 5) is 23.1. The number of amides is 2. The number of Topliss-reactive ketones (excluding diaryl/α,β-unsaturated/α-hetero) is 1. The summed E-state index contributed by atoms with van der Waals surface area (Å²) in [5.41, 5.74) is 2.19. The highest BCUT2D eigenvalue weighted by molar-refractivity contribution is 5.96. The molecule has 1 heterocycles. The predicted octanol–water partition coefficient (Wildman–Crippen LogP) is 2.55. The number of hydrogen-bond donors (Lipinski definition) is 2. The summed E-state index contributed by atoms with van der Waals surface area (Å²) in [5, 5.41) is 5.47. The van der Waals surface area contributed by atoms with Gasteiger partial charge in [0.15, 0.2) is 5.78 Å². The zero-order chi connectivity index (χ0) is 14.5. The first-order chi connectivity index (χ1) is 9.56. The molecule has 5 nitrogen and oxygen atoms in total. The number of rotatable bonds is 4. The van der Waals surface area contributed by atoms with Gasteiger partial charge in [0.05, 0.1) is 6.54 Å². The van der Waals surface area contributed by atoms with E-state index in [1.54, 1.807) is 24.3 Å². The van der Waals surface area contributed by atoms with E-state index >= 15 is 0 Å². The Morgan fingerprint density at radius 2 is 2.00 bits per heavy atom. The highest BCUT2D eigenvalue weighted by Gasteiger charge is 2.05. The molecule has 0 radical (unpaired) electrons. The summed E-state index contributed by atoms with van der Waals surface area (Å²) in [6, 6.07) is 10.4. The molecule has 0 aliphatic heterocycles. The number of benzene rings is 1. The van der Waals surface area contributed by atoms with Crippen LogP contribution in [0.1, 0.15) is 23.0 Å². The molecule has 0 bridgehead atoms. The lowest BCUT2D eigenvalue weighted by Gasteiger charge is -2.09. The molecule has 2 amide bonds. The standard InChI is InChI=1S/C15H17N3O2/c1-11(19)12-5-3-6-13(9-12)17-15(20)16-10-14-7-4-8-18(14)2/h3-9H,10H2,1-2H3,(H2,16,17,20). The van der Waals surface area contributed by atoms with Crippen LogP contribution in [0.15, 0.2) is 42.6 Å². The molecule has 0 atom stereocenters. The molecule has 0 saturated heterocycles. The number of carbonyl (C=O) groups is 2. The van der Waals surface area contributed by atoms with Crippen molar-refractivity contribution in [1.82, 2.24) is 9.88 Å². The summed E-state index contributed by atoms with van der Waals surface area (Å²) in [5.74, 6) is -0.0298. The quantitative estimate of drug-likeness (QED) is 0.839. The zero-order valence-corrected chi connectivity index (χ0v) is 11.5. The van der Waals surface area contributed by atoms with Gasteiger partial charge in [0.25, 0.3) is 0 Å². The van der Waals surface area contributed by atoms with Gasteiger partial charge in [-0.3, -0.25) is 4.79 Å². The minimum absolute atomic E-state index is 0.0298. The van der Waals surface area contributed by atoms with Gasteiger partial charge in [-0.2, -0.15) is 0 Å². The smallest absolute Gasteiger partial charge is 0.319 e. The van der Waals surface area contributed by atoms with Crippen molar-refractivity contribution in [3.8, 4) is 0 Å². The molecule has 20 heavy (non-hydrogen) atoms. The number of anilines is 1. The van der Waals surface area contributed by atoms with Crippen molar-refractivity contribution in [2.24, 2.45) is 7.05 Å². The van der Waals surface area contributed by atoms with Crippen molar-refractivity contribution in [2.45, 2.75) is 13.5 Å².